The van der Waals surface area contributed by atoms with Gasteiger partial charge in [-0.05, 0) is 27.7 Å². The second-order valence-corrected chi connectivity index (χ2v) is 4.37. The third-order valence-corrected chi connectivity index (χ3v) is 2.11. The van der Waals surface area contributed by atoms with Gasteiger partial charge in [0, 0.05) is 5.56 Å². The van der Waals surface area contributed by atoms with Crippen molar-refractivity contribution < 1.29 is 9.53 Å². The molecule has 0 heterocycles. The second-order valence-electron chi connectivity index (χ2n) is 4.37. The van der Waals surface area contributed by atoms with Gasteiger partial charge >= 0.3 is 0 Å². The molecule has 0 saturated heterocycles. The first-order chi connectivity index (χ1) is 6.93. The number of hydrogen-bond acceptors (Lipinski definition) is 2. The Labute approximate surface area is 91.3 Å². The summed E-state index contributed by atoms with van der Waals surface area (Å²) in [6.07, 6.45) is 0.0488. The minimum atomic E-state index is -0.754. The number of carbonyl (C=O) groups is 1. The van der Waals surface area contributed by atoms with Crippen molar-refractivity contribution in [3.05, 3.63) is 35.9 Å². The largest absolute Gasteiger partial charge is 0.365 e. The van der Waals surface area contributed by atoms with E-state index in [1.165, 1.54) is 0 Å². The SMILES string of the molecule is CC(C)OC(C)(C)C(=O)c1ccccc1. The van der Waals surface area contributed by atoms with Gasteiger partial charge in [0.25, 0.3) is 0 Å². The smallest absolute Gasteiger partial charge is 0.194 e. The van der Waals surface area contributed by atoms with Crippen LogP contribution >= 0.6 is 0 Å². The first-order valence-electron chi connectivity index (χ1n) is 5.21. The van der Waals surface area contributed by atoms with Gasteiger partial charge in [0.2, 0.25) is 0 Å². The van der Waals surface area contributed by atoms with Crippen molar-refractivity contribution >= 4 is 5.78 Å². The predicted molar refractivity (Wildman–Crippen MR) is 61.1 cm³/mol. The number of ketones is 1. The molecule has 0 saturated carbocycles. The Morgan fingerprint density at radius 3 is 2.20 bits per heavy atom. The van der Waals surface area contributed by atoms with E-state index in [4.69, 9.17) is 4.74 Å². The lowest BCUT2D eigenvalue weighted by molar-refractivity contribution is -0.0360. The first-order valence-corrected chi connectivity index (χ1v) is 5.21. The summed E-state index contributed by atoms with van der Waals surface area (Å²) in [6, 6.07) is 9.24. The molecule has 15 heavy (non-hydrogen) atoms. The number of benzene rings is 1. The molecule has 0 spiro atoms. The number of rotatable bonds is 4. The number of Topliss-reactive ketones (excluding diaryl/α,β-unsaturated/α-hetero) is 1. The summed E-state index contributed by atoms with van der Waals surface area (Å²) in [6.45, 7) is 7.48. The highest BCUT2D eigenvalue weighted by Crippen LogP contribution is 2.18. The molecule has 0 radical (unpaired) electrons. The molecule has 1 rings (SSSR count). The van der Waals surface area contributed by atoms with E-state index in [9.17, 15) is 4.79 Å². The van der Waals surface area contributed by atoms with Crippen molar-refractivity contribution in [3.63, 3.8) is 0 Å². The molecule has 1 aromatic rings. The van der Waals surface area contributed by atoms with Crippen LogP contribution in [0.1, 0.15) is 38.1 Å². The van der Waals surface area contributed by atoms with E-state index in [0.29, 0.717) is 5.56 Å². The average molecular weight is 206 g/mol. The molecular formula is C13H18O2. The highest BCUT2D eigenvalue weighted by atomic mass is 16.5. The third-order valence-electron chi connectivity index (χ3n) is 2.11. The number of ether oxygens (including phenoxy) is 1. The zero-order valence-corrected chi connectivity index (χ0v) is 9.78. The Morgan fingerprint density at radius 2 is 1.73 bits per heavy atom. The quantitative estimate of drug-likeness (QED) is 0.708. The van der Waals surface area contributed by atoms with Crippen LogP contribution in [0.2, 0.25) is 0 Å². The summed E-state index contributed by atoms with van der Waals surface area (Å²) in [5, 5.41) is 0. The van der Waals surface area contributed by atoms with Crippen LogP contribution in [0.5, 0.6) is 0 Å². The summed E-state index contributed by atoms with van der Waals surface area (Å²) >= 11 is 0. The van der Waals surface area contributed by atoms with Gasteiger partial charge in [-0.15, -0.1) is 0 Å². The molecule has 0 unspecified atom stereocenters. The molecule has 0 atom stereocenters. The van der Waals surface area contributed by atoms with Gasteiger partial charge in [-0.25, -0.2) is 0 Å². The number of hydrogen-bond donors (Lipinski definition) is 0. The lowest BCUT2D eigenvalue weighted by atomic mass is 9.96. The summed E-state index contributed by atoms with van der Waals surface area (Å²) in [4.78, 5) is 12.1. The van der Waals surface area contributed by atoms with Crippen molar-refractivity contribution in [3.8, 4) is 0 Å². The molecule has 0 N–H and O–H groups in total. The van der Waals surface area contributed by atoms with Crippen LogP contribution in [0.3, 0.4) is 0 Å². The fourth-order valence-corrected chi connectivity index (χ4v) is 1.58. The molecular weight excluding hydrogens is 188 g/mol. The van der Waals surface area contributed by atoms with E-state index >= 15 is 0 Å². The fraction of sp³-hybridized carbons (Fsp3) is 0.462. The van der Waals surface area contributed by atoms with E-state index in [0.717, 1.165) is 0 Å². The lowest BCUT2D eigenvalue weighted by Crippen LogP contribution is -2.37. The first kappa shape index (κ1) is 11.9. The monoisotopic (exact) mass is 206 g/mol. The van der Waals surface area contributed by atoms with E-state index in [-0.39, 0.29) is 11.9 Å². The predicted octanol–water partition coefficient (Wildman–Crippen LogP) is 3.07. The maximum absolute atomic E-state index is 12.1. The summed E-state index contributed by atoms with van der Waals surface area (Å²) < 4.78 is 5.60. The van der Waals surface area contributed by atoms with Crippen molar-refractivity contribution in [1.29, 1.82) is 0 Å². The minimum Gasteiger partial charge on any atom is -0.365 e. The fourth-order valence-electron chi connectivity index (χ4n) is 1.58. The van der Waals surface area contributed by atoms with Gasteiger partial charge in [0.15, 0.2) is 5.78 Å². The molecule has 82 valence electrons. The average Bonchev–Trinajstić information content (AvgIpc) is 2.16. The van der Waals surface area contributed by atoms with Crippen LogP contribution in [0.4, 0.5) is 0 Å². The molecule has 1 aromatic carbocycles. The van der Waals surface area contributed by atoms with Gasteiger partial charge in [0.05, 0.1) is 6.10 Å². The molecule has 0 aliphatic rings. The van der Waals surface area contributed by atoms with Crippen LogP contribution in [0.15, 0.2) is 30.3 Å². The minimum absolute atomic E-state index is 0.0248. The highest BCUT2D eigenvalue weighted by Gasteiger charge is 2.30. The summed E-state index contributed by atoms with van der Waals surface area (Å²) in [7, 11) is 0. The molecule has 0 bridgehead atoms. The lowest BCUT2D eigenvalue weighted by Gasteiger charge is -2.26. The molecule has 0 amide bonds. The molecule has 2 nitrogen and oxygen atoms in total. The van der Waals surface area contributed by atoms with Crippen LogP contribution in [-0.2, 0) is 4.74 Å². The standard InChI is InChI=1S/C13H18O2/c1-10(2)15-13(3,4)12(14)11-8-6-5-7-9-11/h5-10H,1-4H3. The Hall–Kier alpha value is -1.15. The van der Waals surface area contributed by atoms with Gasteiger partial charge in [-0.2, -0.15) is 0 Å². The molecule has 2 heteroatoms. The normalized spacial score (nSPS) is 11.8. The Morgan fingerprint density at radius 1 is 1.20 bits per heavy atom. The molecule has 0 aromatic heterocycles. The van der Waals surface area contributed by atoms with Crippen molar-refractivity contribution in [2.45, 2.75) is 39.4 Å². The van der Waals surface area contributed by atoms with E-state index in [2.05, 4.69) is 0 Å². The van der Waals surface area contributed by atoms with E-state index < -0.39 is 5.60 Å². The summed E-state index contributed by atoms with van der Waals surface area (Å²) in [5.41, 5.74) is -0.0571. The van der Waals surface area contributed by atoms with Crippen LogP contribution < -0.4 is 0 Å². The van der Waals surface area contributed by atoms with E-state index in [1.54, 1.807) is 0 Å². The van der Waals surface area contributed by atoms with E-state index in [1.807, 2.05) is 58.0 Å². The topological polar surface area (TPSA) is 26.3 Å². The zero-order chi connectivity index (χ0) is 11.5. The van der Waals surface area contributed by atoms with Crippen molar-refractivity contribution in [2.24, 2.45) is 0 Å². The van der Waals surface area contributed by atoms with Crippen molar-refractivity contribution in [1.82, 2.24) is 0 Å². The maximum atomic E-state index is 12.1. The highest BCUT2D eigenvalue weighted by molar-refractivity contribution is 6.01. The Bertz CT molecular complexity index is 326. The third kappa shape index (κ3) is 3.17. The Kier molecular flexibility index (Phi) is 3.64. The van der Waals surface area contributed by atoms with Gasteiger partial charge in [-0.3, -0.25) is 4.79 Å². The molecule has 0 aliphatic carbocycles. The maximum Gasteiger partial charge on any atom is 0.194 e. The van der Waals surface area contributed by atoms with Gasteiger partial charge in [0.1, 0.15) is 5.60 Å². The zero-order valence-electron chi connectivity index (χ0n) is 9.78. The molecule has 0 fully saturated rings. The molecule has 0 aliphatic heterocycles. The van der Waals surface area contributed by atoms with Crippen LogP contribution in [0, 0.1) is 0 Å². The number of carbonyl (C=O) groups excluding carboxylic acids is 1. The van der Waals surface area contributed by atoms with Crippen molar-refractivity contribution in [2.75, 3.05) is 0 Å². The second kappa shape index (κ2) is 4.58. The van der Waals surface area contributed by atoms with Gasteiger partial charge < -0.3 is 4.74 Å². The van der Waals surface area contributed by atoms with Crippen LogP contribution in [0.25, 0.3) is 0 Å². The summed E-state index contributed by atoms with van der Waals surface area (Å²) in [5.74, 6) is 0.0248. The Balaban J connectivity index is 2.85. The van der Waals surface area contributed by atoms with Gasteiger partial charge in [-0.1, -0.05) is 30.3 Å². The van der Waals surface area contributed by atoms with Crippen LogP contribution in [-0.4, -0.2) is 17.5 Å².